The Morgan fingerprint density at radius 1 is 1.03 bits per heavy atom. The summed E-state index contributed by atoms with van der Waals surface area (Å²) in [7, 11) is 0. The lowest BCUT2D eigenvalue weighted by Gasteiger charge is -2.32. The molecule has 1 aliphatic heterocycles. The van der Waals surface area contributed by atoms with Crippen molar-refractivity contribution in [1.82, 2.24) is 9.88 Å². The number of benzene rings is 2. The lowest BCUT2D eigenvalue weighted by molar-refractivity contribution is -0.123. The highest BCUT2D eigenvalue weighted by atomic mass is 19.1. The van der Waals surface area contributed by atoms with E-state index in [0.29, 0.717) is 25.9 Å². The fraction of sp³-hybridized carbons (Fsp3) is 0.296. The molecular weight excluding hydrogens is 417 g/mol. The van der Waals surface area contributed by atoms with E-state index in [1.165, 1.54) is 12.1 Å². The number of fused-ring (bicyclic) bond motifs is 2. The summed E-state index contributed by atoms with van der Waals surface area (Å²) in [6.07, 6.45) is 5.81. The third-order valence-electron chi connectivity index (χ3n) is 6.78. The Kier molecular flexibility index (Phi) is 5.67. The minimum Gasteiger partial charge on any atom is -0.369 e. The van der Waals surface area contributed by atoms with Gasteiger partial charge in [0.05, 0.1) is 16.8 Å². The Morgan fingerprint density at radius 3 is 2.48 bits per heavy atom. The van der Waals surface area contributed by atoms with Crippen LogP contribution in [0, 0.1) is 11.7 Å². The fourth-order valence-corrected chi connectivity index (χ4v) is 5.00. The average molecular weight is 444 g/mol. The first kappa shape index (κ1) is 21.3. The summed E-state index contributed by atoms with van der Waals surface area (Å²) in [5.74, 6) is -0.721. The first-order valence-electron chi connectivity index (χ1n) is 11.5. The number of likely N-dealkylation sites (tertiary alicyclic amines) is 1. The molecule has 2 heterocycles. The van der Waals surface area contributed by atoms with E-state index in [1.54, 1.807) is 12.1 Å². The molecule has 0 radical (unpaired) electrons. The molecule has 1 saturated heterocycles. The van der Waals surface area contributed by atoms with Crippen LogP contribution in [-0.4, -0.2) is 34.8 Å². The predicted octanol–water partition coefficient (Wildman–Crippen LogP) is 4.59. The van der Waals surface area contributed by atoms with Gasteiger partial charge in [-0.15, -0.1) is 0 Å². The van der Waals surface area contributed by atoms with Gasteiger partial charge in [0, 0.05) is 24.4 Å². The molecule has 5 rings (SSSR count). The number of amides is 2. The summed E-state index contributed by atoms with van der Waals surface area (Å²) in [5.41, 5.74) is 10.8. The van der Waals surface area contributed by atoms with E-state index in [1.807, 2.05) is 35.2 Å². The van der Waals surface area contributed by atoms with E-state index >= 15 is 0 Å². The average Bonchev–Trinajstić information content (AvgIpc) is 2.84. The second kappa shape index (κ2) is 8.77. The van der Waals surface area contributed by atoms with Crippen molar-refractivity contribution in [3.63, 3.8) is 0 Å². The number of primary amides is 1. The van der Waals surface area contributed by atoms with Crippen LogP contribution in [0.3, 0.4) is 0 Å². The molecule has 6 heteroatoms. The number of halogens is 1. The number of hydrogen-bond acceptors (Lipinski definition) is 3. The van der Waals surface area contributed by atoms with Crippen LogP contribution in [0.1, 0.15) is 52.9 Å². The summed E-state index contributed by atoms with van der Waals surface area (Å²) >= 11 is 0. The SMILES string of the molecule is NC(=O)C1CCN(C(=O)c2c3c(nc4ccccc24)/C(=C\c2ccc(F)cc2)CCC3)CC1. The van der Waals surface area contributed by atoms with Crippen LogP contribution in [0.5, 0.6) is 0 Å². The zero-order valence-electron chi connectivity index (χ0n) is 18.4. The molecule has 2 amide bonds. The smallest absolute Gasteiger partial charge is 0.254 e. The maximum absolute atomic E-state index is 13.8. The Labute approximate surface area is 192 Å². The van der Waals surface area contributed by atoms with E-state index in [9.17, 15) is 14.0 Å². The lowest BCUT2D eigenvalue weighted by atomic mass is 9.85. The molecule has 1 aromatic heterocycles. The number of nitrogens with zero attached hydrogens (tertiary/aromatic N) is 2. The Hall–Kier alpha value is -3.54. The summed E-state index contributed by atoms with van der Waals surface area (Å²) < 4.78 is 13.4. The number of carbonyl (C=O) groups is 2. The van der Waals surface area contributed by atoms with Gasteiger partial charge in [0.15, 0.2) is 0 Å². The monoisotopic (exact) mass is 443 g/mol. The van der Waals surface area contributed by atoms with Gasteiger partial charge in [-0.1, -0.05) is 30.3 Å². The second-order valence-corrected chi connectivity index (χ2v) is 8.87. The number of piperidine rings is 1. The van der Waals surface area contributed by atoms with Crippen molar-refractivity contribution in [2.24, 2.45) is 11.7 Å². The standard InChI is InChI=1S/C27H26FN3O2/c28-20-10-8-17(9-11-20)16-19-4-3-6-22-24(21-5-1-2-7-23(21)30-25(19)22)27(33)31-14-12-18(13-15-31)26(29)32/h1-2,5,7-11,16,18H,3-4,6,12-15H2,(H2,29,32)/b19-16-. The van der Waals surface area contributed by atoms with Crippen LogP contribution in [-0.2, 0) is 11.2 Å². The number of pyridine rings is 1. The molecule has 5 nitrogen and oxygen atoms in total. The Bertz CT molecular complexity index is 1260. The highest BCUT2D eigenvalue weighted by Crippen LogP contribution is 2.37. The Morgan fingerprint density at radius 2 is 1.76 bits per heavy atom. The third-order valence-corrected chi connectivity index (χ3v) is 6.78. The number of hydrogen-bond donors (Lipinski definition) is 1. The van der Waals surface area contributed by atoms with Crippen LogP contribution in [0.15, 0.2) is 48.5 Å². The number of allylic oxidation sites excluding steroid dienone is 1. The minimum absolute atomic E-state index is 0.00389. The molecule has 2 aromatic carbocycles. The fourth-order valence-electron chi connectivity index (χ4n) is 5.00. The number of para-hydroxylation sites is 1. The van der Waals surface area contributed by atoms with E-state index < -0.39 is 0 Å². The Balaban J connectivity index is 1.59. The first-order chi connectivity index (χ1) is 16.0. The van der Waals surface area contributed by atoms with Gasteiger partial charge >= 0.3 is 0 Å². The largest absolute Gasteiger partial charge is 0.369 e. The molecule has 2 N–H and O–H groups in total. The van der Waals surface area contributed by atoms with Crippen molar-refractivity contribution in [3.8, 4) is 0 Å². The summed E-state index contributed by atoms with van der Waals surface area (Å²) in [6.45, 7) is 1.05. The number of nitrogens with two attached hydrogens (primary N) is 1. The van der Waals surface area contributed by atoms with Crippen molar-refractivity contribution < 1.29 is 14.0 Å². The normalized spacial score (nSPS) is 17.8. The molecule has 0 unspecified atom stereocenters. The first-order valence-corrected chi connectivity index (χ1v) is 11.5. The van der Waals surface area contributed by atoms with Crippen molar-refractivity contribution in [1.29, 1.82) is 0 Å². The zero-order valence-corrected chi connectivity index (χ0v) is 18.4. The molecule has 1 fully saturated rings. The molecule has 2 aliphatic rings. The predicted molar refractivity (Wildman–Crippen MR) is 127 cm³/mol. The van der Waals surface area contributed by atoms with Gasteiger partial charge in [-0.2, -0.15) is 0 Å². The molecule has 0 atom stereocenters. The summed E-state index contributed by atoms with van der Waals surface area (Å²) in [5, 5.41) is 0.862. The zero-order chi connectivity index (χ0) is 22.9. The molecular formula is C27H26FN3O2. The maximum Gasteiger partial charge on any atom is 0.254 e. The van der Waals surface area contributed by atoms with Crippen molar-refractivity contribution in [3.05, 3.63) is 76.7 Å². The summed E-state index contributed by atoms with van der Waals surface area (Å²) in [6, 6.07) is 14.2. The molecule has 33 heavy (non-hydrogen) atoms. The van der Waals surface area contributed by atoms with Gasteiger partial charge in [0.25, 0.3) is 5.91 Å². The minimum atomic E-state index is -0.288. The number of carbonyl (C=O) groups excluding carboxylic acids is 2. The van der Waals surface area contributed by atoms with Gasteiger partial charge in [0.2, 0.25) is 5.91 Å². The quantitative estimate of drug-likeness (QED) is 0.643. The van der Waals surface area contributed by atoms with Crippen molar-refractivity contribution in [2.75, 3.05) is 13.1 Å². The van der Waals surface area contributed by atoms with E-state index in [4.69, 9.17) is 10.7 Å². The van der Waals surface area contributed by atoms with Gasteiger partial charge < -0.3 is 10.6 Å². The lowest BCUT2D eigenvalue weighted by Crippen LogP contribution is -2.42. The van der Waals surface area contributed by atoms with E-state index in [2.05, 4.69) is 0 Å². The van der Waals surface area contributed by atoms with Gasteiger partial charge in [-0.05, 0) is 73.1 Å². The van der Waals surface area contributed by atoms with Gasteiger partial charge in [0.1, 0.15) is 5.82 Å². The van der Waals surface area contributed by atoms with Gasteiger partial charge in [-0.3, -0.25) is 9.59 Å². The summed E-state index contributed by atoms with van der Waals surface area (Å²) in [4.78, 5) is 32.1. The number of aromatic nitrogens is 1. The van der Waals surface area contributed by atoms with E-state index in [0.717, 1.165) is 58.1 Å². The molecule has 168 valence electrons. The van der Waals surface area contributed by atoms with Crippen LogP contribution in [0.4, 0.5) is 4.39 Å². The molecule has 3 aromatic rings. The maximum atomic E-state index is 13.8. The van der Waals surface area contributed by atoms with Gasteiger partial charge in [-0.25, -0.2) is 9.37 Å². The van der Waals surface area contributed by atoms with Crippen LogP contribution >= 0.6 is 0 Å². The van der Waals surface area contributed by atoms with E-state index in [-0.39, 0.29) is 23.5 Å². The highest BCUT2D eigenvalue weighted by molar-refractivity contribution is 6.09. The van der Waals surface area contributed by atoms with Crippen LogP contribution < -0.4 is 5.73 Å². The second-order valence-electron chi connectivity index (χ2n) is 8.87. The molecule has 0 saturated carbocycles. The highest BCUT2D eigenvalue weighted by Gasteiger charge is 2.31. The van der Waals surface area contributed by atoms with Crippen LogP contribution in [0.2, 0.25) is 0 Å². The number of rotatable bonds is 3. The van der Waals surface area contributed by atoms with Crippen LogP contribution in [0.25, 0.3) is 22.6 Å². The molecule has 1 aliphatic carbocycles. The molecule has 0 bridgehead atoms. The third kappa shape index (κ3) is 4.13. The van der Waals surface area contributed by atoms with Crippen molar-refractivity contribution in [2.45, 2.75) is 32.1 Å². The molecule has 0 spiro atoms. The topological polar surface area (TPSA) is 76.3 Å². The van der Waals surface area contributed by atoms with Crippen molar-refractivity contribution >= 4 is 34.4 Å².